The maximum atomic E-state index is 14.5. The summed E-state index contributed by atoms with van der Waals surface area (Å²) < 4.78 is 37.4. The number of hydrogen-bond donors (Lipinski definition) is 3. The van der Waals surface area contributed by atoms with E-state index in [2.05, 4.69) is 18.0 Å². The molecule has 1 fully saturated rings. The Labute approximate surface area is 373 Å². The third kappa shape index (κ3) is 10.4. The molecule has 0 bridgehead atoms. The van der Waals surface area contributed by atoms with Crippen LogP contribution in [-0.2, 0) is 27.4 Å². The lowest BCUT2D eigenvalue weighted by atomic mass is 9.55. The van der Waals surface area contributed by atoms with E-state index in [1.807, 2.05) is 61.5 Å². The Hall–Kier alpha value is -5.28. The fraction of sp³-hybridized carbons (Fsp3) is 0.479. The highest BCUT2D eigenvalue weighted by Gasteiger charge is 2.65. The van der Waals surface area contributed by atoms with Gasteiger partial charge in [-0.2, -0.15) is 0 Å². The summed E-state index contributed by atoms with van der Waals surface area (Å²) >= 11 is 6.09. The van der Waals surface area contributed by atoms with Gasteiger partial charge in [0, 0.05) is 44.2 Å². The molecule has 3 aromatic carbocycles. The smallest absolute Gasteiger partial charge is 0.412 e. The zero-order valence-corrected chi connectivity index (χ0v) is 36.5. The van der Waals surface area contributed by atoms with Crippen molar-refractivity contribution in [3.8, 4) is 23.0 Å². The van der Waals surface area contributed by atoms with Gasteiger partial charge in [-0.05, 0) is 91.5 Å². The van der Waals surface area contributed by atoms with E-state index in [9.17, 15) is 19.8 Å². The van der Waals surface area contributed by atoms with E-state index in [0.29, 0.717) is 48.2 Å². The average molecular weight is 888 g/mol. The molecular weight excluding hydrogens is 830 g/mol. The van der Waals surface area contributed by atoms with E-state index in [1.165, 1.54) is 0 Å². The van der Waals surface area contributed by atoms with Crippen molar-refractivity contribution in [2.75, 3.05) is 45.7 Å². The monoisotopic (exact) mass is 887 g/mol. The molecule has 4 aliphatic rings. The molecule has 3 aromatic rings. The molecule has 1 saturated carbocycles. The number of nitrogens with zero attached hydrogens (tertiary/aromatic N) is 2. The van der Waals surface area contributed by atoms with E-state index >= 15 is 0 Å². The number of halogens is 1. The second-order valence-electron chi connectivity index (χ2n) is 16.0. The molecule has 2 aliphatic heterocycles. The first-order chi connectivity index (χ1) is 30.8. The maximum Gasteiger partial charge on any atom is 0.412 e. The molecule has 2 heterocycles. The van der Waals surface area contributed by atoms with Crippen LogP contribution in [0.5, 0.6) is 23.0 Å². The topological polar surface area (TPSA) is 167 Å². The number of aliphatic hydroxyl groups excluding tert-OH is 2. The van der Waals surface area contributed by atoms with Crippen LogP contribution in [0.4, 0.5) is 9.59 Å². The minimum atomic E-state index is -1.54. The van der Waals surface area contributed by atoms with Gasteiger partial charge in [0.05, 0.1) is 24.1 Å². The van der Waals surface area contributed by atoms with Crippen molar-refractivity contribution in [2.45, 2.75) is 82.7 Å². The summed E-state index contributed by atoms with van der Waals surface area (Å²) in [4.78, 5) is 35.3. The average Bonchev–Trinajstić information content (AvgIpc) is 3.78. The molecule has 6 unspecified atom stereocenters. The Morgan fingerprint density at radius 1 is 0.984 bits per heavy atom. The molecule has 2 amide bonds. The minimum absolute atomic E-state index is 0.00934. The first-order valence-electron chi connectivity index (χ1n) is 21.9. The van der Waals surface area contributed by atoms with Crippen LogP contribution in [0.1, 0.15) is 74.5 Å². The summed E-state index contributed by atoms with van der Waals surface area (Å²) in [5.41, 5.74) is 3.99. The highest BCUT2D eigenvalue weighted by molar-refractivity contribution is 6.18. The van der Waals surface area contributed by atoms with E-state index in [0.717, 1.165) is 47.9 Å². The number of ether oxygens (including phenoxy) is 6. The van der Waals surface area contributed by atoms with Gasteiger partial charge in [-0.15, -0.1) is 18.2 Å². The number of carbonyl (C=O) groups is 2. The molecule has 6 atom stereocenters. The summed E-state index contributed by atoms with van der Waals surface area (Å²) in [6, 6.07) is 19.6. The van der Waals surface area contributed by atoms with Gasteiger partial charge >= 0.3 is 12.2 Å². The number of hydrogen-bond acceptors (Lipinski definition) is 12. The summed E-state index contributed by atoms with van der Waals surface area (Å²) in [6.45, 7) is 6.80. The number of benzene rings is 3. The van der Waals surface area contributed by atoms with Gasteiger partial charge in [-0.25, -0.2) is 9.59 Å². The quantitative estimate of drug-likeness (QED) is 0.0408. The van der Waals surface area contributed by atoms with E-state index < -0.39 is 29.9 Å². The Morgan fingerprint density at radius 3 is 2.52 bits per heavy atom. The molecule has 0 saturated heterocycles. The summed E-state index contributed by atoms with van der Waals surface area (Å²) in [6.07, 6.45) is 7.13. The molecule has 338 valence electrons. The molecular formula is C48H58ClN3O11. The maximum absolute atomic E-state index is 14.5. The van der Waals surface area contributed by atoms with Crippen LogP contribution in [0.15, 0.2) is 96.2 Å². The number of allylic oxidation sites excluding steroid dienone is 1. The van der Waals surface area contributed by atoms with Crippen LogP contribution < -0.4 is 24.3 Å². The summed E-state index contributed by atoms with van der Waals surface area (Å²) in [5, 5.41) is 27.4. The first kappa shape index (κ1) is 45.7. The van der Waals surface area contributed by atoms with Crippen molar-refractivity contribution in [1.82, 2.24) is 10.2 Å². The van der Waals surface area contributed by atoms with Crippen LogP contribution >= 0.6 is 11.6 Å². The molecule has 0 aromatic heterocycles. The predicted molar refractivity (Wildman–Crippen MR) is 236 cm³/mol. The van der Waals surface area contributed by atoms with Gasteiger partial charge in [0.2, 0.25) is 12.6 Å². The Balaban J connectivity index is 1.39. The van der Waals surface area contributed by atoms with Crippen molar-refractivity contribution in [3.05, 3.63) is 108 Å². The van der Waals surface area contributed by atoms with Crippen molar-refractivity contribution in [1.29, 1.82) is 0 Å². The number of unbranched alkanes of at least 4 members (excludes halogenated alkanes) is 2. The van der Waals surface area contributed by atoms with Gasteiger partial charge in [-0.3, -0.25) is 4.90 Å². The van der Waals surface area contributed by atoms with Gasteiger partial charge in [0.1, 0.15) is 30.8 Å². The fourth-order valence-corrected chi connectivity index (χ4v) is 9.59. The second-order valence-corrected chi connectivity index (χ2v) is 16.4. The van der Waals surface area contributed by atoms with Gasteiger partial charge in [-0.1, -0.05) is 66.5 Å². The number of nitrogens with one attached hydrogen (secondary N) is 1. The lowest BCUT2D eigenvalue weighted by Crippen LogP contribution is -2.70. The standard InChI is InChI=1S/C48H58ClN3O11/c1-3-23-60-48-43(52(47(56)57-24-20-49)30-33-16-18-41-42(25-33)59-31-58-41)28-39(51-61-4-2)37-26-34(14-8-10-21-53)36(15-9-11-22-54)44(45(37)48)38-27-35(17-19-40(38)63-48)62-46(55)50-29-32-12-6-5-7-13-32/h3,5-7,12-13,16-19,25-27,34,36,43-45,53-54H,1,4,8-11,14-15,20-24,28-31H2,2H3,(H,50,55). The van der Waals surface area contributed by atoms with Gasteiger partial charge in [0.25, 0.3) is 0 Å². The van der Waals surface area contributed by atoms with Crippen LogP contribution in [-0.4, -0.2) is 90.5 Å². The highest BCUT2D eigenvalue weighted by atomic mass is 35.5. The molecule has 0 spiro atoms. The molecule has 63 heavy (non-hydrogen) atoms. The number of alkyl halides is 1. The number of fused-ring (bicyclic) bond motifs is 3. The normalized spacial score (nSPS) is 23.4. The third-order valence-electron chi connectivity index (χ3n) is 12.1. The van der Waals surface area contributed by atoms with Crippen molar-refractivity contribution in [2.24, 2.45) is 22.9 Å². The zero-order chi connectivity index (χ0) is 44.2. The predicted octanol–water partition coefficient (Wildman–Crippen LogP) is 8.24. The molecule has 7 rings (SSSR count). The fourth-order valence-electron chi connectivity index (χ4n) is 9.51. The van der Waals surface area contributed by atoms with E-state index in [-0.39, 0.29) is 76.4 Å². The van der Waals surface area contributed by atoms with Crippen molar-refractivity contribution >= 4 is 29.5 Å². The van der Waals surface area contributed by atoms with Gasteiger partial charge < -0.3 is 48.8 Å². The highest BCUT2D eigenvalue weighted by Crippen LogP contribution is 2.62. The van der Waals surface area contributed by atoms with Crippen molar-refractivity contribution in [3.63, 3.8) is 0 Å². The largest absolute Gasteiger partial charge is 0.459 e. The molecule has 3 N–H and O–H groups in total. The molecule has 0 radical (unpaired) electrons. The number of oxime groups is 1. The minimum Gasteiger partial charge on any atom is -0.459 e. The third-order valence-corrected chi connectivity index (χ3v) is 12.3. The van der Waals surface area contributed by atoms with Crippen LogP contribution in [0.25, 0.3) is 0 Å². The first-order valence-corrected chi connectivity index (χ1v) is 22.4. The van der Waals surface area contributed by atoms with E-state index in [4.69, 9.17) is 50.0 Å². The van der Waals surface area contributed by atoms with Crippen LogP contribution in [0.2, 0.25) is 0 Å². The number of amides is 2. The SMILES string of the molecule is C=CCOC12Oc3ccc(OC(=O)NCc4ccccc4)cc3C3C(CCCCO)C(CCCCO)C=C(C(=NOCC)CC1N(Cc1ccc4c(c1)OCO4)C(=O)OCCCl)C32. The lowest BCUT2D eigenvalue weighted by molar-refractivity contribution is -0.256. The zero-order valence-electron chi connectivity index (χ0n) is 35.8. The van der Waals surface area contributed by atoms with E-state index in [1.54, 1.807) is 23.1 Å². The Kier molecular flexibility index (Phi) is 15.9. The Morgan fingerprint density at radius 2 is 1.76 bits per heavy atom. The van der Waals surface area contributed by atoms with Crippen LogP contribution in [0, 0.1) is 17.8 Å². The number of aliphatic hydroxyl groups is 2. The molecule has 14 nitrogen and oxygen atoms in total. The van der Waals surface area contributed by atoms with Crippen LogP contribution in [0.3, 0.4) is 0 Å². The molecule has 2 aliphatic carbocycles. The molecule has 15 heteroatoms. The lowest BCUT2D eigenvalue weighted by Gasteiger charge is -2.59. The summed E-state index contributed by atoms with van der Waals surface area (Å²) in [7, 11) is 0. The van der Waals surface area contributed by atoms with Crippen molar-refractivity contribution < 1.29 is 53.1 Å². The summed E-state index contributed by atoms with van der Waals surface area (Å²) in [5.74, 6) is -0.408. The van der Waals surface area contributed by atoms with Gasteiger partial charge in [0.15, 0.2) is 11.5 Å². The Bertz CT molecular complexity index is 2100. The number of rotatable bonds is 21. The number of carbonyl (C=O) groups excluding carboxylic acids is 2. The second kappa shape index (κ2) is 21.9.